The minimum atomic E-state index is -3.76. The van der Waals surface area contributed by atoms with Gasteiger partial charge in [0, 0.05) is 38.3 Å². The highest BCUT2D eigenvalue weighted by Gasteiger charge is 2.45. The van der Waals surface area contributed by atoms with E-state index in [0.717, 1.165) is 25.0 Å². The highest BCUT2D eigenvalue weighted by atomic mass is 35.5. The number of piperidine rings is 1. The molecule has 0 bridgehead atoms. The van der Waals surface area contributed by atoms with E-state index in [4.69, 9.17) is 16.9 Å². The molecule has 0 unspecified atom stereocenters. The second kappa shape index (κ2) is 10.7. The summed E-state index contributed by atoms with van der Waals surface area (Å²) in [5, 5.41) is 11.5. The van der Waals surface area contributed by atoms with Crippen molar-refractivity contribution in [1.82, 2.24) is 18.8 Å². The summed E-state index contributed by atoms with van der Waals surface area (Å²) < 4.78 is 57.3. The number of nitrogens with one attached hydrogen (secondary N) is 1. The van der Waals surface area contributed by atoms with Gasteiger partial charge in [0.25, 0.3) is 10.2 Å². The van der Waals surface area contributed by atoms with Crippen molar-refractivity contribution in [1.29, 1.82) is 5.26 Å². The number of halogens is 3. The van der Waals surface area contributed by atoms with Crippen LogP contribution in [0.4, 0.5) is 8.78 Å². The predicted molar refractivity (Wildman–Crippen MR) is 134 cm³/mol. The van der Waals surface area contributed by atoms with Crippen LogP contribution in [0.3, 0.4) is 0 Å². The quantitative estimate of drug-likeness (QED) is 0.507. The van der Waals surface area contributed by atoms with Gasteiger partial charge in [0.2, 0.25) is 11.8 Å². The van der Waals surface area contributed by atoms with Gasteiger partial charge in [0.05, 0.1) is 29.0 Å². The summed E-state index contributed by atoms with van der Waals surface area (Å²) in [5.41, 5.74) is 0.0383. The maximum Gasteiger partial charge on any atom is 0.282 e. The average molecular weight is 570 g/mol. The maximum atomic E-state index is 14.7. The van der Waals surface area contributed by atoms with Crippen LogP contribution in [0, 0.1) is 40.7 Å². The lowest BCUT2D eigenvalue weighted by molar-refractivity contribution is -0.142. The Balaban J connectivity index is 1.26. The van der Waals surface area contributed by atoms with Crippen molar-refractivity contribution in [2.45, 2.75) is 50.6 Å². The molecule has 9 nitrogen and oxygen atoms in total. The van der Waals surface area contributed by atoms with Crippen molar-refractivity contribution in [2.75, 3.05) is 32.7 Å². The van der Waals surface area contributed by atoms with Crippen molar-refractivity contribution < 1.29 is 26.8 Å². The van der Waals surface area contributed by atoms with Crippen LogP contribution in [0.1, 0.15) is 50.1 Å². The first-order chi connectivity index (χ1) is 18.1. The summed E-state index contributed by atoms with van der Waals surface area (Å²) in [5.74, 6) is -3.08. The van der Waals surface area contributed by atoms with E-state index in [-0.39, 0.29) is 48.0 Å². The van der Waals surface area contributed by atoms with Crippen LogP contribution in [0.25, 0.3) is 0 Å². The van der Waals surface area contributed by atoms with Gasteiger partial charge in [-0.15, -0.1) is 0 Å². The van der Waals surface area contributed by atoms with Gasteiger partial charge in [0.15, 0.2) is 0 Å². The molecular weight excluding hydrogens is 540 g/mol. The number of benzene rings is 1. The Bertz CT molecular complexity index is 1260. The number of carbonyl (C=O) groups excluding carboxylic acids is 2. The second-order valence-electron chi connectivity index (χ2n) is 10.6. The fourth-order valence-electron chi connectivity index (χ4n) is 5.67. The van der Waals surface area contributed by atoms with Crippen LogP contribution in [0.2, 0.25) is 5.02 Å². The van der Waals surface area contributed by atoms with E-state index in [1.165, 1.54) is 13.5 Å². The van der Waals surface area contributed by atoms with Crippen molar-refractivity contribution in [3.8, 4) is 6.07 Å². The Hall–Kier alpha value is -2.33. The first-order valence-corrected chi connectivity index (χ1v) is 14.8. The van der Waals surface area contributed by atoms with Gasteiger partial charge in [-0.05, 0) is 56.6 Å². The van der Waals surface area contributed by atoms with Crippen LogP contribution in [-0.2, 0) is 19.8 Å². The molecule has 2 amide bonds. The minimum absolute atomic E-state index is 0.0275. The Morgan fingerprint density at radius 3 is 2.42 bits per heavy atom. The number of nitriles is 1. The first-order valence-electron chi connectivity index (χ1n) is 13.0. The van der Waals surface area contributed by atoms with Crippen LogP contribution in [-0.4, -0.2) is 72.5 Å². The van der Waals surface area contributed by atoms with E-state index >= 15 is 0 Å². The molecule has 0 spiro atoms. The van der Waals surface area contributed by atoms with Gasteiger partial charge in [0.1, 0.15) is 17.7 Å². The number of likely N-dealkylation sites (tertiary alicyclic amines) is 1. The maximum absolute atomic E-state index is 14.7. The van der Waals surface area contributed by atoms with Crippen LogP contribution < -0.4 is 5.32 Å². The normalized spacial score (nSPS) is 26.0. The molecule has 3 atom stereocenters. The molecule has 0 aromatic heterocycles. The van der Waals surface area contributed by atoms with Gasteiger partial charge in [-0.2, -0.15) is 22.3 Å². The Labute approximate surface area is 225 Å². The lowest BCUT2D eigenvalue weighted by atomic mass is 9.97. The molecule has 5 rings (SSSR count). The molecule has 3 saturated heterocycles. The van der Waals surface area contributed by atoms with E-state index in [1.807, 2.05) is 0 Å². The fraction of sp³-hybridized carbons (Fsp3) is 0.640. The summed E-state index contributed by atoms with van der Waals surface area (Å²) in [4.78, 5) is 28.4. The van der Waals surface area contributed by atoms with E-state index < -0.39 is 45.8 Å². The minimum Gasteiger partial charge on any atom is -0.347 e. The molecule has 3 heterocycles. The molecular formula is C25H30ClF2N5O4S. The highest BCUT2D eigenvalue weighted by molar-refractivity contribution is 7.86. The third-order valence-corrected chi connectivity index (χ3v) is 10.2. The molecule has 38 heavy (non-hydrogen) atoms. The Morgan fingerprint density at radius 2 is 1.74 bits per heavy atom. The van der Waals surface area contributed by atoms with Crippen LogP contribution in [0.5, 0.6) is 0 Å². The van der Waals surface area contributed by atoms with Crippen molar-refractivity contribution >= 4 is 33.6 Å². The van der Waals surface area contributed by atoms with E-state index in [2.05, 4.69) is 11.4 Å². The zero-order chi connectivity index (χ0) is 27.2. The molecule has 206 valence electrons. The van der Waals surface area contributed by atoms with Gasteiger partial charge < -0.3 is 10.2 Å². The van der Waals surface area contributed by atoms with Crippen LogP contribution in [0.15, 0.2) is 12.1 Å². The molecule has 1 saturated carbocycles. The third-order valence-electron chi connectivity index (χ3n) is 8.02. The third kappa shape index (κ3) is 5.26. The van der Waals surface area contributed by atoms with E-state index in [1.54, 1.807) is 0 Å². The zero-order valence-electron chi connectivity index (χ0n) is 20.8. The first kappa shape index (κ1) is 27.2. The Kier molecular flexibility index (Phi) is 7.66. The highest BCUT2D eigenvalue weighted by Crippen LogP contribution is 2.43. The summed E-state index contributed by atoms with van der Waals surface area (Å²) in [6.07, 6.45) is 3.60. The number of hydrogen-bond acceptors (Lipinski definition) is 5. The standard InChI is InChI=1S/C25H30ClF2N5O4S/c26-19-10-20(27)18(9-21(19)28)23(16-5-6-16)30-24(34)22-4-2-8-33(22)25(35)17-3-1-7-31(14-17)38(36,37)32-12-15(11-29)13-32/h9-10,15-17,22-23H,1-8,12-14H2,(H,30,34)/t17-,22+,23+/m0/s1. The smallest absolute Gasteiger partial charge is 0.282 e. The number of carbonyl (C=O) groups is 2. The van der Waals surface area contributed by atoms with E-state index in [0.29, 0.717) is 38.8 Å². The number of amides is 2. The fourth-order valence-corrected chi connectivity index (χ4v) is 7.61. The number of hydrogen-bond donors (Lipinski definition) is 1. The number of nitrogens with zero attached hydrogens (tertiary/aromatic N) is 4. The molecule has 4 aliphatic rings. The van der Waals surface area contributed by atoms with Crippen molar-refractivity contribution in [3.63, 3.8) is 0 Å². The van der Waals surface area contributed by atoms with Gasteiger partial charge >= 0.3 is 0 Å². The van der Waals surface area contributed by atoms with Gasteiger partial charge in [-0.25, -0.2) is 8.78 Å². The molecule has 4 fully saturated rings. The second-order valence-corrected chi connectivity index (χ2v) is 13.0. The molecule has 13 heteroatoms. The largest absolute Gasteiger partial charge is 0.347 e. The van der Waals surface area contributed by atoms with Crippen molar-refractivity contribution in [2.24, 2.45) is 17.8 Å². The van der Waals surface area contributed by atoms with Gasteiger partial charge in [-0.1, -0.05) is 11.6 Å². The molecule has 1 aliphatic carbocycles. The lowest BCUT2D eigenvalue weighted by Gasteiger charge is -2.41. The molecule has 1 aromatic carbocycles. The average Bonchev–Trinajstić information content (AvgIpc) is 3.59. The van der Waals surface area contributed by atoms with E-state index in [9.17, 15) is 26.8 Å². The molecule has 0 radical (unpaired) electrons. The monoisotopic (exact) mass is 569 g/mol. The van der Waals surface area contributed by atoms with Gasteiger partial charge in [-0.3, -0.25) is 9.59 Å². The van der Waals surface area contributed by atoms with Crippen LogP contribution >= 0.6 is 11.6 Å². The summed E-state index contributed by atoms with van der Waals surface area (Å²) in [6, 6.07) is 2.50. The topological polar surface area (TPSA) is 114 Å². The molecule has 3 aliphatic heterocycles. The molecule has 1 N–H and O–H groups in total. The predicted octanol–water partition coefficient (Wildman–Crippen LogP) is 2.59. The van der Waals surface area contributed by atoms with Crippen molar-refractivity contribution in [3.05, 3.63) is 34.4 Å². The summed E-state index contributed by atoms with van der Waals surface area (Å²) >= 11 is 5.70. The lowest BCUT2D eigenvalue weighted by Crippen LogP contribution is -2.57. The summed E-state index contributed by atoms with van der Waals surface area (Å²) in [6.45, 7) is 1.01. The number of rotatable bonds is 7. The molecule has 1 aromatic rings. The Morgan fingerprint density at radius 1 is 1.03 bits per heavy atom. The zero-order valence-corrected chi connectivity index (χ0v) is 22.4. The SMILES string of the molecule is N#CC1CN(S(=O)(=O)N2CCC[C@H](C(=O)N3CCC[C@@H]3C(=O)N[C@@H](c3cc(F)c(Cl)cc3F)C3CC3)C2)C1. The summed E-state index contributed by atoms with van der Waals surface area (Å²) in [7, 11) is -3.76.